The smallest absolute Gasteiger partial charge is 0.344 e. The van der Waals surface area contributed by atoms with Crippen LogP contribution in [-0.2, 0) is 0 Å². The van der Waals surface area contributed by atoms with E-state index >= 15 is 0 Å². The van der Waals surface area contributed by atoms with Crippen LogP contribution in [0.5, 0.6) is 0 Å². The Balaban J connectivity index is 1.57. The molecule has 27 heavy (non-hydrogen) atoms. The molecule has 6 heteroatoms. The summed E-state index contributed by atoms with van der Waals surface area (Å²) in [5.74, 6) is 0.528. The van der Waals surface area contributed by atoms with Gasteiger partial charge in [0.1, 0.15) is 0 Å². The fraction of sp³-hybridized carbons (Fsp3) is 0.238. The average molecular weight is 377 g/mol. The molecule has 1 fully saturated rings. The van der Waals surface area contributed by atoms with Gasteiger partial charge in [0.2, 0.25) is 0 Å². The van der Waals surface area contributed by atoms with Gasteiger partial charge in [-0.2, -0.15) is 0 Å². The lowest BCUT2D eigenvalue weighted by atomic mass is 10.1. The molecule has 3 heterocycles. The minimum atomic E-state index is -0.309. The number of fused-ring (bicyclic) bond motifs is 2. The van der Waals surface area contributed by atoms with Gasteiger partial charge in [0.25, 0.3) is 0 Å². The number of hydrogen-bond donors (Lipinski definition) is 1. The number of hydrogen-bond acceptors (Lipinski definition) is 6. The molecule has 0 amide bonds. The van der Waals surface area contributed by atoms with Gasteiger partial charge >= 0.3 is 5.63 Å². The maximum atomic E-state index is 12.7. The van der Waals surface area contributed by atoms with E-state index in [0.29, 0.717) is 11.1 Å². The molecule has 0 atom stereocenters. The Morgan fingerprint density at radius 1 is 1.07 bits per heavy atom. The molecule has 4 aromatic rings. The molecule has 0 unspecified atom stereocenters. The first-order valence-electron chi connectivity index (χ1n) is 9.17. The zero-order valence-corrected chi connectivity index (χ0v) is 15.6. The molecule has 5 nitrogen and oxygen atoms in total. The number of thiazole rings is 1. The minimum Gasteiger partial charge on any atom is -0.420 e. The summed E-state index contributed by atoms with van der Waals surface area (Å²) >= 11 is 1.54. The van der Waals surface area contributed by atoms with Gasteiger partial charge in [0, 0.05) is 25.3 Å². The molecule has 5 rings (SSSR count). The summed E-state index contributed by atoms with van der Waals surface area (Å²) in [6.07, 6.45) is 1.10. The molecule has 1 aliphatic heterocycles. The van der Waals surface area contributed by atoms with Crippen LogP contribution in [0.2, 0.25) is 0 Å². The summed E-state index contributed by atoms with van der Waals surface area (Å²) in [7, 11) is 0. The van der Waals surface area contributed by atoms with E-state index < -0.39 is 0 Å². The van der Waals surface area contributed by atoms with E-state index in [1.807, 2.05) is 42.5 Å². The molecule has 0 aliphatic carbocycles. The van der Waals surface area contributed by atoms with E-state index in [9.17, 15) is 4.79 Å². The molecule has 0 spiro atoms. The van der Waals surface area contributed by atoms with Crippen LogP contribution in [0.1, 0.15) is 6.42 Å². The Labute approximate surface area is 160 Å². The van der Waals surface area contributed by atoms with Crippen molar-refractivity contribution < 1.29 is 4.42 Å². The summed E-state index contributed by atoms with van der Waals surface area (Å²) in [4.78, 5) is 19.6. The molecule has 1 N–H and O–H groups in total. The number of benzene rings is 2. The third-order valence-electron chi connectivity index (χ3n) is 4.96. The largest absolute Gasteiger partial charge is 0.420 e. The highest BCUT2D eigenvalue weighted by Crippen LogP contribution is 2.31. The molecule has 136 valence electrons. The summed E-state index contributed by atoms with van der Waals surface area (Å²) in [5, 5.41) is 5.64. The second-order valence-corrected chi connectivity index (χ2v) is 7.78. The van der Waals surface area contributed by atoms with Gasteiger partial charge in [-0.1, -0.05) is 18.2 Å². The van der Waals surface area contributed by atoms with Gasteiger partial charge in [-0.15, -0.1) is 11.3 Å². The van der Waals surface area contributed by atoms with Crippen LogP contribution in [0.4, 0.5) is 5.69 Å². The molecule has 0 saturated carbocycles. The zero-order valence-electron chi connectivity index (χ0n) is 14.8. The van der Waals surface area contributed by atoms with Crippen LogP contribution < -0.4 is 15.8 Å². The van der Waals surface area contributed by atoms with E-state index in [1.54, 1.807) is 0 Å². The van der Waals surface area contributed by atoms with Crippen molar-refractivity contribution in [1.82, 2.24) is 10.3 Å². The summed E-state index contributed by atoms with van der Waals surface area (Å²) < 4.78 is 6.72. The first-order valence-corrected chi connectivity index (χ1v) is 9.99. The molecule has 0 radical (unpaired) electrons. The number of nitrogens with one attached hydrogen (secondary N) is 1. The number of nitrogens with zero attached hydrogens (tertiary/aromatic N) is 2. The van der Waals surface area contributed by atoms with Crippen molar-refractivity contribution in [2.24, 2.45) is 0 Å². The third-order valence-corrected chi connectivity index (χ3v) is 6.01. The molecule has 1 saturated heterocycles. The Hall–Kier alpha value is -2.70. The molecule has 2 aromatic carbocycles. The van der Waals surface area contributed by atoms with Gasteiger partial charge in [-0.3, -0.25) is 0 Å². The predicted octanol–water partition coefficient (Wildman–Crippen LogP) is 3.87. The summed E-state index contributed by atoms with van der Waals surface area (Å²) in [6.45, 7) is 3.94. The Morgan fingerprint density at radius 2 is 2.00 bits per heavy atom. The van der Waals surface area contributed by atoms with Crippen molar-refractivity contribution in [3.05, 3.63) is 59.0 Å². The Morgan fingerprint density at radius 3 is 2.93 bits per heavy atom. The highest BCUT2D eigenvalue weighted by Gasteiger charge is 2.14. The van der Waals surface area contributed by atoms with Crippen molar-refractivity contribution in [1.29, 1.82) is 0 Å². The Bertz CT molecular complexity index is 1140. The van der Waals surface area contributed by atoms with Crippen LogP contribution in [0.25, 0.3) is 31.8 Å². The SMILES string of the molecule is O=c1oc(-c2nc3ccccc3s2)cc2ccc(N3CCCNCC3)cc12. The average Bonchev–Trinajstić information content (AvgIpc) is 2.94. The quantitative estimate of drug-likeness (QED) is 0.575. The van der Waals surface area contributed by atoms with Crippen molar-refractivity contribution in [3.8, 4) is 10.8 Å². The highest BCUT2D eigenvalue weighted by atomic mass is 32.1. The fourth-order valence-corrected chi connectivity index (χ4v) is 4.47. The predicted molar refractivity (Wildman–Crippen MR) is 111 cm³/mol. The van der Waals surface area contributed by atoms with E-state index in [4.69, 9.17) is 4.42 Å². The zero-order chi connectivity index (χ0) is 18.2. The van der Waals surface area contributed by atoms with Gasteiger partial charge in [0.05, 0.1) is 15.6 Å². The van der Waals surface area contributed by atoms with E-state index in [2.05, 4.69) is 21.3 Å². The Kier molecular flexibility index (Phi) is 4.14. The maximum Gasteiger partial charge on any atom is 0.344 e. The van der Waals surface area contributed by atoms with Crippen LogP contribution in [0, 0.1) is 0 Å². The van der Waals surface area contributed by atoms with Crippen LogP contribution in [0.3, 0.4) is 0 Å². The summed E-state index contributed by atoms with van der Waals surface area (Å²) in [5.41, 5.74) is 1.69. The van der Waals surface area contributed by atoms with E-state index in [0.717, 1.165) is 58.9 Å². The van der Waals surface area contributed by atoms with Gasteiger partial charge in [-0.05, 0) is 48.7 Å². The van der Waals surface area contributed by atoms with Crippen LogP contribution in [-0.4, -0.2) is 31.2 Å². The lowest BCUT2D eigenvalue weighted by Gasteiger charge is -2.22. The second kappa shape index (κ2) is 6.79. The minimum absolute atomic E-state index is 0.309. The van der Waals surface area contributed by atoms with Crippen LogP contribution >= 0.6 is 11.3 Å². The fourth-order valence-electron chi connectivity index (χ4n) is 3.56. The maximum absolute atomic E-state index is 12.7. The second-order valence-electron chi connectivity index (χ2n) is 6.75. The molecular weight excluding hydrogens is 358 g/mol. The number of anilines is 1. The molecule has 1 aliphatic rings. The van der Waals surface area contributed by atoms with Crippen molar-refractivity contribution in [2.75, 3.05) is 31.1 Å². The molecular formula is C21H19N3O2S. The van der Waals surface area contributed by atoms with Crippen molar-refractivity contribution in [2.45, 2.75) is 6.42 Å². The van der Waals surface area contributed by atoms with Gasteiger partial charge in [0.15, 0.2) is 10.8 Å². The number of para-hydroxylation sites is 1. The van der Waals surface area contributed by atoms with Crippen molar-refractivity contribution >= 4 is 38.0 Å². The molecule has 2 aromatic heterocycles. The first-order chi connectivity index (χ1) is 13.3. The van der Waals surface area contributed by atoms with E-state index in [-0.39, 0.29) is 5.63 Å². The topological polar surface area (TPSA) is 58.4 Å². The number of aromatic nitrogens is 1. The summed E-state index contributed by atoms with van der Waals surface area (Å²) in [6, 6.07) is 15.9. The van der Waals surface area contributed by atoms with Gasteiger partial charge in [-0.25, -0.2) is 9.78 Å². The van der Waals surface area contributed by atoms with Crippen molar-refractivity contribution in [3.63, 3.8) is 0 Å². The first kappa shape index (κ1) is 16.5. The molecule has 0 bridgehead atoms. The normalized spacial score (nSPS) is 15.3. The standard InChI is InChI=1S/C21H19N3O2S/c25-21-16-13-15(24-10-3-8-22-9-11-24)7-6-14(16)12-18(26-21)20-23-17-4-1-2-5-19(17)27-20/h1-2,4-7,12-13,22H,3,8-11H2. The lowest BCUT2D eigenvalue weighted by molar-refractivity contribution is 0.534. The highest BCUT2D eigenvalue weighted by molar-refractivity contribution is 7.21. The number of rotatable bonds is 2. The van der Waals surface area contributed by atoms with Crippen LogP contribution in [0.15, 0.2) is 57.7 Å². The third kappa shape index (κ3) is 3.11. The monoisotopic (exact) mass is 377 g/mol. The lowest BCUT2D eigenvalue weighted by Crippen LogP contribution is -2.27. The van der Waals surface area contributed by atoms with E-state index in [1.165, 1.54) is 11.3 Å². The van der Waals surface area contributed by atoms with Gasteiger partial charge < -0.3 is 14.6 Å².